The van der Waals surface area contributed by atoms with Crippen molar-refractivity contribution in [3.8, 4) is 0 Å². The van der Waals surface area contributed by atoms with Gasteiger partial charge in [0.1, 0.15) is 5.82 Å². The first-order valence-electron chi connectivity index (χ1n) is 7.71. The summed E-state index contributed by atoms with van der Waals surface area (Å²) in [5.41, 5.74) is 2.63. The van der Waals surface area contributed by atoms with E-state index in [4.69, 9.17) is 11.6 Å². The molecule has 0 bridgehead atoms. The molecule has 0 atom stereocenters. The van der Waals surface area contributed by atoms with Crippen LogP contribution in [0.3, 0.4) is 0 Å². The smallest absolute Gasteiger partial charge is 0.244 e. The van der Waals surface area contributed by atoms with Crippen molar-refractivity contribution in [1.82, 2.24) is 24.7 Å². The number of hydrogen-bond donors (Lipinski definition) is 2. The molecule has 1 amide bonds. The van der Waals surface area contributed by atoms with Gasteiger partial charge >= 0.3 is 0 Å². The highest BCUT2D eigenvalue weighted by Gasteiger charge is 2.08. The van der Waals surface area contributed by atoms with Crippen LogP contribution >= 0.6 is 22.9 Å². The molecule has 4 aromatic rings. The van der Waals surface area contributed by atoms with Gasteiger partial charge in [-0.05, 0) is 18.2 Å². The third kappa shape index (κ3) is 3.29. The second kappa shape index (κ2) is 6.70. The van der Waals surface area contributed by atoms with Gasteiger partial charge in [0, 0.05) is 30.6 Å². The highest BCUT2D eigenvalue weighted by atomic mass is 35.5. The summed E-state index contributed by atoms with van der Waals surface area (Å²) in [4.78, 5) is 24.7. The van der Waals surface area contributed by atoms with Gasteiger partial charge in [0.05, 0.1) is 16.7 Å². The third-order valence-electron chi connectivity index (χ3n) is 3.75. The SMILES string of the molecule is O=C(/C=C/c1c(Cl)nc2sccn12)NCCc1nc2ccccc2[nH]1. The molecule has 0 spiro atoms. The predicted octanol–water partition coefficient (Wildman–Crippen LogP) is 3.30. The van der Waals surface area contributed by atoms with Gasteiger partial charge in [-0.1, -0.05) is 23.7 Å². The molecule has 25 heavy (non-hydrogen) atoms. The summed E-state index contributed by atoms with van der Waals surface area (Å²) in [6, 6.07) is 7.85. The zero-order valence-corrected chi connectivity index (χ0v) is 14.6. The van der Waals surface area contributed by atoms with Crippen LogP contribution in [-0.2, 0) is 11.2 Å². The van der Waals surface area contributed by atoms with Crippen LogP contribution in [0.2, 0.25) is 5.15 Å². The van der Waals surface area contributed by atoms with Crippen molar-refractivity contribution in [1.29, 1.82) is 0 Å². The maximum atomic E-state index is 12.0. The van der Waals surface area contributed by atoms with Crippen LogP contribution in [0.1, 0.15) is 11.5 Å². The fraction of sp³-hybridized carbons (Fsp3) is 0.118. The highest BCUT2D eigenvalue weighted by Crippen LogP contribution is 2.22. The molecule has 0 radical (unpaired) electrons. The number of carbonyl (C=O) groups excluding carboxylic acids is 1. The quantitative estimate of drug-likeness (QED) is 0.528. The van der Waals surface area contributed by atoms with E-state index in [2.05, 4.69) is 20.3 Å². The van der Waals surface area contributed by atoms with E-state index in [1.165, 1.54) is 17.4 Å². The molecule has 0 fully saturated rings. The molecule has 3 heterocycles. The molecule has 8 heteroatoms. The van der Waals surface area contributed by atoms with Crippen LogP contribution in [-0.4, -0.2) is 31.8 Å². The number of hydrogen-bond acceptors (Lipinski definition) is 4. The van der Waals surface area contributed by atoms with Crippen LogP contribution in [0, 0.1) is 0 Å². The van der Waals surface area contributed by atoms with E-state index in [9.17, 15) is 4.79 Å². The summed E-state index contributed by atoms with van der Waals surface area (Å²) in [6.45, 7) is 0.497. The summed E-state index contributed by atoms with van der Waals surface area (Å²) < 4.78 is 1.85. The van der Waals surface area contributed by atoms with Crippen LogP contribution < -0.4 is 5.32 Å². The van der Waals surface area contributed by atoms with Gasteiger partial charge in [-0.25, -0.2) is 9.97 Å². The number of aromatic nitrogens is 4. The van der Waals surface area contributed by atoms with Gasteiger partial charge in [-0.15, -0.1) is 11.3 Å². The Bertz CT molecular complexity index is 1040. The molecule has 0 aliphatic heterocycles. The summed E-state index contributed by atoms with van der Waals surface area (Å²) in [7, 11) is 0. The number of thiazole rings is 1. The Hall–Kier alpha value is -2.64. The summed E-state index contributed by atoms with van der Waals surface area (Å²) in [6.07, 6.45) is 5.64. The van der Waals surface area contributed by atoms with Crippen LogP contribution in [0.15, 0.2) is 41.9 Å². The Labute approximate surface area is 152 Å². The average molecular weight is 372 g/mol. The molecule has 0 saturated carbocycles. The van der Waals surface area contributed by atoms with Gasteiger partial charge in [-0.2, -0.15) is 0 Å². The van der Waals surface area contributed by atoms with Crippen LogP contribution in [0.5, 0.6) is 0 Å². The van der Waals surface area contributed by atoms with Gasteiger partial charge in [-0.3, -0.25) is 9.20 Å². The van der Waals surface area contributed by atoms with Gasteiger partial charge in [0.15, 0.2) is 10.1 Å². The largest absolute Gasteiger partial charge is 0.352 e. The van der Waals surface area contributed by atoms with Crippen molar-refractivity contribution in [2.75, 3.05) is 6.54 Å². The molecule has 0 saturated heterocycles. The Kier molecular flexibility index (Phi) is 4.25. The minimum atomic E-state index is -0.183. The number of nitrogens with one attached hydrogen (secondary N) is 2. The first-order chi connectivity index (χ1) is 12.2. The zero-order valence-electron chi connectivity index (χ0n) is 13.1. The van der Waals surface area contributed by atoms with Crippen molar-refractivity contribution in [3.63, 3.8) is 0 Å². The van der Waals surface area contributed by atoms with Crippen molar-refractivity contribution in [3.05, 3.63) is 58.6 Å². The third-order valence-corrected chi connectivity index (χ3v) is 4.78. The molecule has 126 valence electrons. The number of aromatic amines is 1. The van der Waals surface area contributed by atoms with Crippen molar-refractivity contribution >= 4 is 50.9 Å². The first kappa shape index (κ1) is 15.9. The first-order valence-corrected chi connectivity index (χ1v) is 8.97. The molecular formula is C17H14ClN5OS. The lowest BCUT2D eigenvalue weighted by atomic mass is 10.3. The minimum absolute atomic E-state index is 0.183. The molecule has 1 aromatic carbocycles. The molecule has 0 aliphatic carbocycles. The second-order valence-electron chi connectivity index (χ2n) is 5.42. The van der Waals surface area contributed by atoms with Gasteiger partial charge < -0.3 is 10.3 Å². The molecule has 0 unspecified atom stereocenters. The molecule has 3 aromatic heterocycles. The number of nitrogens with zero attached hydrogens (tertiary/aromatic N) is 3. The number of benzene rings is 1. The van der Waals surface area contributed by atoms with Crippen molar-refractivity contribution in [2.45, 2.75) is 6.42 Å². The number of fused-ring (bicyclic) bond motifs is 2. The lowest BCUT2D eigenvalue weighted by Gasteiger charge is -1.99. The van der Waals surface area contributed by atoms with Crippen LogP contribution in [0.4, 0.5) is 0 Å². The number of halogens is 1. The van der Waals surface area contributed by atoms with E-state index in [1.54, 1.807) is 6.08 Å². The number of imidazole rings is 2. The molecule has 6 nitrogen and oxygen atoms in total. The topological polar surface area (TPSA) is 75.1 Å². The number of carbonyl (C=O) groups is 1. The van der Waals surface area contributed by atoms with Gasteiger partial charge in [0.2, 0.25) is 5.91 Å². The van der Waals surface area contributed by atoms with E-state index >= 15 is 0 Å². The molecule has 4 rings (SSSR count). The fourth-order valence-corrected chi connectivity index (χ4v) is 3.57. The standard InChI is InChI=1S/C17H14ClN5OS/c18-16-13(23-9-10-25-17(23)22-16)5-6-15(24)19-8-7-14-20-11-3-1-2-4-12(11)21-14/h1-6,9-10H,7-8H2,(H,19,24)(H,20,21)/b6-5+. The Balaban J connectivity index is 1.36. The maximum Gasteiger partial charge on any atom is 0.244 e. The van der Waals surface area contributed by atoms with E-state index < -0.39 is 0 Å². The van der Waals surface area contributed by atoms with E-state index in [0.717, 1.165) is 21.8 Å². The highest BCUT2D eigenvalue weighted by molar-refractivity contribution is 7.15. The Morgan fingerprint density at radius 1 is 1.36 bits per heavy atom. The lowest BCUT2D eigenvalue weighted by Crippen LogP contribution is -2.23. The summed E-state index contributed by atoms with van der Waals surface area (Å²) >= 11 is 7.59. The number of amides is 1. The number of H-pyrrole nitrogens is 1. The van der Waals surface area contributed by atoms with E-state index in [-0.39, 0.29) is 5.91 Å². The number of para-hydroxylation sites is 2. The summed E-state index contributed by atoms with van der Waals surface area (Å²) in [5, 5.41) is 5.15. The monoisotopic (exact) mass is 371 g/mol. The zero-order chi connectivity index (χ0) is 17.2. The number of rotatable bonds is 5. The molecule has 2 N–H and O–H groups in total. The average Bonchev–Trinajstić information content (AvgIpc) is 3.27. The van der Waals surface area contributed by atoms with Crippen molar-refractivity contribution in [2.24, 2.45) is 0 Å². The van der Waals surface area contributed by atoms with E-state index in [0.29, 0.717) is 23.8 Å². The second-order valence-corrected chi connectivity index (χ2v) is 6.65. The Morgan fingerprint density at radius 3 is 3.12 bits per heavy atom. The fourth-order valence-electron chi connectivity index (χ4n) is 2.57. The normalized spacial score (nSPS) is 11.7. The molecular weight excluding hydrogens is 358 g/mol. The van der Waals surface area contributed by atoms with Crippen molar-refractivity contribution < 1.29 is 4.79 Å². The van der Waals surface area contributed by atoms with Gasteiger partial charge in [0.25, 0.3) is 0 Å². The molecule has 0 aliphatic rings. The van der Waals surface area contributed by atoms with Crippen LogP contribution in [0.25, 0.3) is 22.1 Å². The Morgan fingerprint density at radius 2 is 2.24 bits per heavy atom. The maximum absolute atomic E-state index is 12.0. The predicted molar refractivity (Wildman–Crippen MR) is 99.9 cm³/mol. The van der Waals surface area contributed by atoms with E-state index in [1.807, 2.05) is 40.2 Å². The minimum Gasteiger partial charge on any atom is -0.352 e. The lowest BCUT2D eigenvalue weighted by molar-refractivity contribution is -0.116. The summed E-state index contributed by atoms with van der Waals surface area (Å²) in [5.74, 6) is 0.668.